The van der Waals surface area contributed by atoms with Crippen LogP contribution in [0.2, 0.25) is 10.0 Å². The Hall–Kier alpha value is -2.77. The summed E-state index contributed by atoms with van der Waals surface area (Å²) < 4.78 is 0. The molecule has 0 atom stereocenters. The number of anilines is 2. The normalized spacial score (nSPS) is 13.6. The van der Waals surface area contributed by atoms with Gasteiger partial charge in [0, 0.05) is 5.02 Å². The lowest BCUT2D eigenvalue weighted by Crippen LogP contribution is -2.42. The standard InChI is InChI=1S/C16H12Cl2N4O3/c17-9-5-6-11-13(7-9)22(12-4-2-1-3-10(12)18)15(23)8-14(19-11)20-21-16(24)25/h1-7,21H,8H2,(H,19,20)(H,24,25). The highest BCUT2D eigenvalue weighted by Gasteiger charge is 2.27. The van der Waals surface area contributed by atoms with Crippen LogP contribution in [0, 0.1) is 0 Å². The van der Waals surface area contributed by atoms with Crippen molar-refractivity contribution >= 4 is 58.1 Å². The summed E-state index contributed by atoms with van der Waals surface area (Å²) in [5.74, 6) is -0.182. The van der Waals surface area contributed by atoms with Crippen LogP contribution < -0.4 is 15.8 Å². The van der Waals surface area contributed by atoms with E-state index in [-0.39, 0.29) is 18.2 Å². The Labute approximate surface area is 152 Å². The molecule has 3 rings (SSSR count). The minimum atomic E-state index is -1.29. The number of nitrogens with one attached hydrogen (secondary N) is 2. The Balaban J connectivity index is 2.10. The van der Waals surface area contributed by atoms with Gasteiger partial charge in [-0.2, -0.15) is 0 Å². The molecule has 3 N–H and O–H groups in total. The van der Waals surface area contributed by atoms with E-state index in [4.69, 9.17) is 28.3 Å². The molecule has 25 heavy (non-hydrogen) atoms. The van der Waals surface area contributed by atoms with Gasteiger partial charge >= 0.3 is 6.09 Å². The van der Waals surface area contributed by atoms with Gasteiger partial charge in [0.2, 0.25) is 5.91 Å². The number of benzene rings is 2. The number of hydrogen-bond acceptors (Lipinski definition) is 4. The monoisotopic (exact) mass is 378 g/mol. The van der Waals surface area contributed by atoms with Gasteiger partial charge in [0.1, 0.15) is 5.84 Å². The molecule has 0 spiro atoms. The van der Waals surface area contributed by atoms with Crippen LogP contribution in [0.25, 0.3) is 0 Å². The Morgan fingerprint density at radius 2 is 1.92 bits per heavy atom. The number of carbonyl (C=O) groups is 2. The third-order valence-electron chi connectivity index (χ3n) is 3.41. The molecule has 0 saturated carbocycles. The Morgan fingerprint density at radius 3 is 2.64 bits per heavy atom. The first-order valence-electron chi connectivity index (χ1n) is 7.15. The predicted octanol–water partition coefficient (Wildman–Crippen LogP) is 3.86. The minimum absolute atomic E-state index is 0.155. The van der Waals surface area contributed by atoms with Crippen molar-refractivity contribution in [2.24, 2.45) is 4.99 Å². The van der Waals surface area contributed by atoms with E-state index in [1.54, 1.807) is 42.5 Å². The van der Waals surface area contributed by atoms with E-state index in [1.807, 2.05) is 5.43 Å². The van der Waals surface area contributed by atoms with Gasteiger partial charge in [0.25, 0.3) is 0 Å². The highest BCUT2D eigenvalue weighted by Crippen LogP contribution is 2.40. The van der Waals surface area contributed by atoms with Crippen LogP contribution in [0.1, 0.15) is 6.42 Å². The van der Waals surface area contributed by atoms with E-state index in [0.717, 1.165) is 0 Å². The number of amidine groups is 1. The van der Waals surface area contributed by atoms with E-state index >= 15 is 0 Å². The van der Waals surface area contributed by atoms with Crippen LogP contribution in [0.3, 0.4) is 0 Å². The summed E-state index contributed by atoms with van der Waals surface area (Å²) in [7, 11) is 0. The second-order valence-corrected chi connectivity index (χ2v) is 5.95. The quantitative estimate of drug-likeness (QED) is 0.656. The fourth-order valence-electron chi connectivity index (χ4n) is 2.41. The maximum absolute atomic E-state index is 12.8. The number of halogens is 2. The Bertz CT molecular complexity index is 885. The van der Waals surface area contributed by atoms with Crippen molar-refractivity contribution in [3.63, 3.8) is 0 Å². The highest BCUT2D eigenvalue weighted by atomic mass is 35.5. The molecule has 2 aromatic rings. The second kappa shape index (κ2) is 7.00. The summed E-state index contributed by atoms with van der Waals surface area (Å²) >= 11 is 12.3. The average Bonchev–Trinajstić information content (AvgIpc) is 2.69. The maximum atomic E-state index is 12.8. The molecule has 7 nitrogen and oxygen atoms in total. The molecule has 0 unspecified atom stereocenters. The van der Waals surface area contributed by atoms with Gasteiger partial charge in [-0.3, -0.25) is 15.1 Å². The molecule has 0 aromatic heterocycles. The lowest BCUT2D eigenvalue weighted by molar-refractivity contribution is -0.116. The second-order valence-electron chi connectivity index (χ2n) is 5.10. The van der Waals surface area contributed by atoms with Gasteiger partial charge in [-0.05, 0) is 30.3 Å². The molecular formula is C16H12Cl2N4O3. The molecule has 2 aromatic carbocycles. The fourth-order valence-corrected chi connectivity index (χ4v) is 2.79. The van der Waals surface area contributed by atoms with E-state index in [0.29, 0.717) is 27.1 Å². The number of aliphatic imine (C=N–C) groups is 1. The number of amides is 2. The zero-order valence-corrected chi connectivity index (χ0v) is 14.2. The van der Waals surface area contributed by atoms with Gasteiger partial charge in [0.05, 0.1) is 28.5 Å². The van der Waals surface area contributed by atoms with Crippen molar-refractivity contribution in [2.75, 3.05) is 4.90 Å². The number of fused-ring (bicyclic) bond motifs is 1. The van der Waals surface area contributed by atoms with E-state index in [1.165, 1.54) is 4.90 Å². The van der Waals surface area contributed by atoms with Crippen molar-refractivity contribution in [1.82, 2.24) is 10.9 Å². The Morgan fingerprint density at radius 1 is 1.16 bits per heavy atom. The molecule has 0 fully saturated rings. The lowest BCUT2D eigenvalue weighted by atomic mass is 10.2. The van der Waals surface area contributed by atoms with Crippen molar-refractivity contribution in [3.8, 4) is 0 Å². The van der Waals surface area contributed by atoms with Gasteiger partial charge in [-0.1, -0.05) is 35.3 Å². The summed E-state index contributed by atoms with van der Waals surface area (Å²) in [5.41, 5.74) is 5.80. The molecule has 128 valence electrons. The molecule has 0 radical (unpaired) electrons. The lowest BCUT2D eigenvalue weighted by Gasteiger charge is -2.23. The predicted molar refractivity (Wildman–Crippen MR) is 96.1 cm³/mol. The summed E-state index contributed by atoms with van der Waals surface area (Å²) in [6.45, 7) is 0. The van der Waals surface area contributed by atoms with E-state index < -0.39 is 6.09 Å². The van der Waals surface area contributed by atoms with E-state index in [9.17, 15) is 9.59 Å². The Kier molecular flexibility index (Phi) is 4.78. The SMILES string of the molecule is O=C(O)NNC1=Nc2ccc(Cl)cc2N(c2ccccc2Cl)C(=O)C1. The summed E-state index contributed by atoms with van der Waals surface area (Å²) in [6.07, 6.45) is -1.45. The first kappa shape index (κ1) is 17.1. The van der Waals surface area contributed by atoms with Crippen molar-refractivity contribution in [3.05, 3.63) is 52.5 Å². The largest absolute Gasteiger partial charge is 0.464 e. The van der Waals surface area contributed by atoms with Crippen LogP contribution >= 0.6 is 23.2 Å². The molecule has 1 heterocycles. The first-order valence-corrected chi connectivity index (χ1v) is 7.91. The third-order valence-corrected chi connectivity index (χ3v) is 3.96. The van der Waals surface area contributed by atoms with Crippen LogP contribution in [0.5, 0.6) is 0 Å². The number of para-hydroxylation sites is 1. The molecule has 0 bridgehead atoms. The van der Waals surface area contributed by atoms with Crippen molar-refractivity contribution in [1.29, 1.82) is 0 Å². The summed E-state index contributed by atoms with van der Waals surface area (Å²) in [4.78, 5) is 29.2. The maximum Gasteiger partial charge on any atom is 0.423 e. The number of hydrogen-bond donors (Lipinski definition) is 3. The van der Waals surface area contributed by atoms with Gasteiger partial charge < -0.3 is 5.11 Å². The van der Waals surface area contributed by atoms with Gasteiger partial charge in [-0.15, -0.1) is 0 Å². The van der Waals surface area contributed by atoms with Crippen LogP contribution in [0.15, 0.2) is 47.5 Å². The first-order chi connectivity index (χ1) is 12.0. The minimum Gasteiger partial charge on any atom is -0.464 e. The van der Waals surface area contributed by atoms with Crippen LogP contribution in [-0.4, -0.2) is 22.9 Å². The van der Waals surface area contributed by atoms with Gasteiger partial charge in [-0.25, -0.2) is 15.2 Å². The third kappa shape index (κ3) is 3.67. The molecule has 2 amide bonds. The summed E-state index contributed by atoms with van der Waals surface area (Å²) in [6, 6.07) is 11.8. The van der Waals surface area contributed by atoms with Crippen LogP contribution in [-0.2, 0) is 4.79 Å². The molecule has 0 saturated heterocycles. The zero-order chi connectivity index (χ0) is 18.0. The number of carbonyl (C=O) groups excluding carboxylic acids is 1. The smallest absolute Gasteiger partial charge is 0.423 e. The number of rotatable bonds is 1. The molecule has 1 aliphatic heterocycles. The molecular weight excluding hydrogens is 367 g/mol. The molecule has 9 heteroatoms. The van der Waals surface area contributed by atoms with E-state index in [2.05, 4.69) is 10.4 Å². The van der Waals surface area contributed by atoms with Crippen molar-refractivity contribution < 1.29 is 14.7 Å². The van der Waals surface area contributed by atoms with Crippen molar-refractivity contribution in [2.45, 2.75) is 6.42 Å². The summed E-state index contributed by atoms with van der Waals surface area (Å²) in [5, 5.41) is 9.54. The molecule has 0 aliphatic carbocycles. The van der Waals surface area contributed by atoms with Crippen LogP contribution in [0.4, 0.5) is 21.9 Å². The fraction of sp³-hybridized carbons (Fsp3) is 0.0625. The highest BCUT2D eigenvalue weighted by molar-refractivity contribution is 6.35. The topological polar surface area (TPSA) is 94.0 Å². The number of nitrogens with zero attached hydrogens (tertiary/aromatic N) is 2. The average molecular weight is 379 g/mol. The van der Waals surface area contributed by atoms with Gasteiger partial charge in [0.15, 0.2) is 0 Å². The molecule has 1 aliphatic rings. The number of hydrazine groups is 1. The number of carboxylic acid groups (broad SMARTS) is 1. The zero-order valence-electron chi connectivity index (χ0n) is 12.7.